The number of anilines is 1. The van der Waals surface area contributed by atoms with E-state index in [9.17, 15) is 14.7 Å². The quantitative estimate of drug-likeness (QED) is 0.327. The zero-order valence-corrected chi connectivity index (χ0v) is 22.2. The van der Waals surface area contributed by atoms with Crippen LogP contribution in [0.1, 0.15) is 16.4 Å². The maximum Gasteiger partial charge on any atom is 0.323 e. The first-order valence-electron chi connectivity index (χ1n) is 11.7. The van der Waals surface area contributed by atoms with Crippen LogP contribution in [0, 0.1) is 0 Å². The van der Waals surface area contributed by atoms with Crippen LogP contribution < -0.4 is 14.4 Å². The lowest BCUT2D eigenvalue weighted by Crippen LogP contribution is -2.38. The van der Waals surface area contributed by atoms with Crippen molar-refractivity contribution in [3.05, 3.63) is 88.9 Å². The number of amides is 1. The molecule has 0 spiro atoms. The lowest BCUT2D eigenvalue weighted by Gasteiger charge is -2.22. The molecule has 0 saturated carbocycles. The van der Waals surface area contributed by atoms with E-state index < -0.39 is 12.5 Å². The molecule has 1 aliphatic rings. The molecule has 0 aliphatic carbocycles. The number of para-hydroxylation sites is 1. The van der Waals surface area contributed by atoms with Crippen LogP contribution in [0.5, 0.6) is 11.5 Å². The van der Waals surface area contributed by atoms with Gasteiger partial charge in [-0.15, -0.1) is 11.8 Å². The number of aliphatic carboxylic acids is 1. The summed E-state index contributed by atoms with van der Waals surface area (Å²) in [6.07, 6.45) is 0. The van der Waals surface area contributed by atoms with Crippen LogP contribution in [0.25, 0.3) is 16.9 Å². The van der Waals surface area contributed by atoms with Crippen molar-refractivity contribution < 1.29 is 24.2 Å². The van der Waals surface area contributed by atoms with Crippen LogP contribution in [0.4, 0.5) is 5.82 Å². The molecule has 1 amide bonds. The van der Waals surface area contributed by atoms with E-state index in [4.69, 9.17) is 26.2 Å². The highest BCUT2D eigenvalue weighted by Crippen LogP contribution is 2.49. The Bertz CT molecular complexity index is 1510. The molecule has 0 saturated heterocycles. The minimum atomic E-state index is -1.13. The number of rotatable bonds is 7. The van der Waals surface area contributed by atoms with Crippen LogP contribution in [0.15, 0.2) is 72.8 Å². The van der Waals surface area contributed by atoms with Crippen molar-refractivity contribution in [3.63, 3.8) is 0 Å². The topological polar surface area (TPSA) is 93.9 Å². The summed E-state index contributed by atoms with van der Waals surface area (Å²) >= 11 is 8.00. The van der Waals surface area contributed by atoms with E-state index in [1.54, 1.807) is 37.1 Å². The number of carboxylic acids is 1. The Morgan fingerprint density at radius 3 is 2.45 bits per heavy atom. The molecule has 4 aromatic rings. The molecule has 0 radical (unpaired) electrons. The summed E-state index contributed by atoms with van der Waals surface area (Å²) in [6, 6.07) is 22.3. The van der Waals surface area contributed by atoms with Gasteiger partial charge in [0.1, 0.15) is 12.4 Å². The molecule has 38 heavy (non-hydrogen) atoms. The Balaban J connectivity index is 1.85. The number of methoxy groups -OCH3 is 2. The highest BCUT2D eigenvalue weighted by molar-refractivity contribution is 8.00. The summed E-state index contributed by atoms with van der Waals surface area (Å²) in [7, 11) is 3.13. The number of carbonyl (C=O) groups excluding carboxylic acids is 1. The van der Waals surface area contributed by atoms with Gasteiger partial charge < -0.3 is 14.6 Å². The maximum absolute atomic E-state index is 13.5. The number of carbonyl (C=O) groups is 2. The minimum Gasteiger partial charge on any atom is -0.493 e. The third kappa shape index (κ3) is 4.70. The highest BCUT2D eigenvalue weighted by Gasteiger charge is 2.38. The molecule has 1 unspecified atom stereocenters. The molecule has 2 heterocycles. The van der Waals surface area contributed by atoms with E-state index in [1.165, 1.54) is 16.7 Å². The second-order valence-electron chi connectivity index (χ2n) is 8.49. The van der Waals surface area contributed by atoms with Crippen LogP contribution >= 0.6 is 23.4 Å². The van der Waals surface area contributed by atoms with E-state index in [2.05, 4.69) is 0 Å². The van der Waals surface area contributed by atoms with Crippen LogP contribution in [-0.2, 0) is 9.59 Å². The molecule has 0 fully saturated rings. The molecular formula is C28H24ClN3O5S. The van der Waals surface area contributed by atoms with E-state index >= 15 is 0 Å². The van der Waals surface area contributed by atoms with E-state index in [-0.39, 0.29) is 16.9 Å². The highest BCUT2D eigenvalue weighted by atomic mass is 35.5. The van der Waals surface area contributed by atoms with Gasteiger partial charge in [-0.1, -0.05) is 60.1 Å². The molecule has 10 heteroatoms. The van der Waals surface area contributed by atoms with Gasteiger partial charge in [0.05, 0.1) is 41.6 Å². The molecule has 5 rings (SSSR count). The van der Waals surface area contributed by atoms with Crippen molar-refractivity contribution in [2.24, 2.45) is 0 Å². The Kier molecular flexibility index (Phi) is 7.31. The van der Waals surface area contributed by atoms with E-state index in [1.807, 2.05) is 54.6 Å². The molecule has 8 nitrogen and oxygen atoms in total. The Morgan fingerprint density at radius 1 is 1.05 bits per heavy atom. The molecule has 194 valence electrons. The van der Waals surface area contributed by atoms with Gasteiger partial charge in [0.25, 0.3) is 0 Å². The smallest absolute Gasteiger partial charge is 0.323 e. The van der Waals surface area contributed by atoms with Crippen LogP contribution in [0.2, 0.25) is 5.02 Å². The molecule has 1 aromatic heterocycles. The van der Waals surface area contributed by atoms with Gasteiger partial charge >= 0.3 is 5.97 Å². The normalized spacial score (nSPS) is 15.1. The van der Waals surface area contributed by atoms with Gasteiger partial charge in [-0.2, -0.15) is 5.10 Å². The van der Waals surface area contributed by atoms with E-state index in [0.717, 1.165) is 11.1 Å². The average Bonchev–Trinajstić information content (AvgIpc) is 3.25. The number of ether oxygens (including phenoxy) is 2. The lowest BCUT2D eigenvalue weighted by molar-refractivity contribution is -0.136. The first kappa shape index (κ1) is 25.7. The number of nitrogens with zero attached hydrogens (tertiary/aromatic N) is 3. The van der Waals surface area contributed by atoms with Crippen molar-refractivity contribution >= 4 is 41.1 Å². The van der Waals surface area contributed by atoms with Crippen molar-refractivity contribution in [2.45, 2.75) is 5.25 Å². The number of thioether (sulfide) groups is 1. The van der Waals surface area contributed by atoms with Gasteiger partial charge in [-0.05, 0) is 29.8 Å². The largest absolute Gasteiger partial charge is 0.493 e. The molecule has 1 atom stereocenters. The fourth-order valence-electron chi connectivity index (χ4n) is 4.53. The van der Waals surface area contributed by atoms with Crippen molar-refractivity contribution in [1.82, 2.24) is 9.78 Å². The number of hydrogen-bond donors (Lipinski definition) is 1. The lowest BCUT2D eigenvalue weighted by atomic mass is 9.99. The predicted molar refractivity (Wildman–Crippen MR) is 148 cm³/mol. The maximum atomic E-state index is 13.5. The second kappa shape index (κ2) is 10.8. The standard InChI is InChI=1S/C28H24ClN3O5S/c1-36-21-13-12-18(14-22(21)37-2)27-25-26(17-8-4-3-5-9-17)30-32(20-11-7-6-10-19(20)29)28(25)31(15-24(34)35)23(33)16-38-27/h3-14,27H,15-16H2,1-2H3,(H,34,35). The minimum absolute atomic E-state index is 0.0672. The summed E-state index contributed by atoms with van der Waals surface area (Å²) in [5.74, 6) is 0.0896. The van der Waals surface area contributed by atoms with Crippen molar-refractivity contribution in [3.8, 4) is 28.4 Å². The zero-order chi connectivity index (χ0) is 26.8. The predicted octanol–water partition coefficient (Wildman–Crippen LogP) is 5.46. The van der Waals surface area contributed by atoms with Gasteiger partial charge in [-0.25, -0.2) is 4.68 Å². The first-order chi connectivity index (χ1) is 18.4. The zero-order valence-electron chi connectivity index (χ0n) is 20.6. The summed E-state index contributed by atoms with van der Waals surface area (Å²) in [5.41, 5.74) is 3.55. The molecule has 1 N–H and O–H groups in total. The van der Waals surface area contributed by atoms with E-state index in [0.29, 0.717) is 39.3 Å². The monoisotopic (exact) mass is 549 g/mol. The molecule has 3 aromatic carbocycles. The second-order valence-corrected chi connectivity index (χ2v) is 9.99. The summed E-state index contributed by atoms with van der Waals surface area (Å²) < 4.78 is 12.6. The van der Waals surface area contributed by atoms with Crippen LogP contribution in [-0.4, -0.2) is 53.3 Å². The summed E-state index contributed by atoms with van der Waals surface area (Å²) in [5, 5.41) is 14.8. The third-order valence-electron chi connectivity index (χ3n) is 6.22. The van der Waals surface area contributed by atoms with Gasteiger partial charge in [0.15, 0.2) is 11.5 Å². The van der Waals surface area contributed by atoms with Crippen molar-refractivity contribution in [1.29, 1.82) is 0 Å². The first-order valence-corrected chi connectivity index (χ1v) is 13.1. The number of halogens is 1. The summed E-state index contributed by atoms with van der Waals surface area (Å²) in [4.78, 5) is 26.7. The average molecular weight is 550 g/mol. The molecular weight excluding hydrogens is 526 g/mol. The Morgan fingerprint density at radius 2 is 1.76 bits per heavy atom. The van der Waals surface area contributed by atoms with Gasteiger partial charge in [-0.3, -0.25) is 14.5 Å². The SMILES string of the molecule is COc1ccc(C2SCC(=O)N(CC(=O)O)c3c2c(-c2ccccc2)nn3-c2ccccc2Cl)cc1OC. The summed E-state index contributed by atoms with van der Waals surface area (Å²) in [6.45, 7) is -0.518. The third-order valence-corrected chi connectivity index (χ3v) is 7.80. The number of fused-ring (bicyclic) bond motifs is 1. The molecule has 0 bridgehead atoms. The fraction of sp³-hybridized carbons (Fsp3) is 0.179. The Labute approximate surface area is 228 Å². The van der Waals surface area contributed by atoms with Crippen molar-refractivity contribution in [2.75, 3.05) is 31.4 Å². The Hall–Kier alpha value is -3.95. The fourth-order valence-corrected chi connectivity index (χ4v) is 5.94. The number of benzene rings is 3. The number of hydrogen-bond acceptors (Lipinski definition) is 6. The number of aromatic nitrogens is 2. The van der Waals surface area contributed by atoms with Gasteiger partial charge in [0, 0.05) is 11.1 Å². The number of carboxylic acid groups (broad SMARTS) is 1. The molecule has 1 aliphatic heterocycles. The van der Waals surface area contributed by atoms with Crippen LogP contribution in [0.3, 0.4) is 0 Å². The van der Waals surface area contributed by atoms with Gasteiger partial charge in [0.2, 0.25) is 5.91 Å².